The zero-order chi connectivity index (χ0) is 15.2. The van der Waals surface area contributed by atoms with Crippen molar-refractivity contribution in [1.82, 2.24) is 10.3 Å². The van der Waals surface area contributed by atoms with Crippen LogP contribution in [0.5, 0.6) is 5.75 Å². The number of nitrogens with one attached hydrogen (secondary N) is 1. The zero-order valence-corrected chi connectivity index (χ0v) is 16.1. The van der Waals surface area contributed by atoms with Crippen LogP contribution in [0.4, 0.5) is 0 Å². The number of hydrogen-bond donors (Lipinski definition) is 1. The number of hydrogen-bond acceptors (Lipinski definition) is 4. The van der Waals surface area contributed by atoms with Crippen LogP contribution in [0.1, 0.15) is 29.6 Å². The summed E-state index contributed by atoms with van der Waals surface area (Å²) in [6.07, 6.45) is 1.14. The predicted molar refractivity (Wildman–Crippen MR) is 95.0 cm³/mol. The fourth-order valence-electron chi connectivity index (χ4n) is 1.86. The van der Waals surface area contributed by atoms with Crippen LogP contribution in [0.15, 0.2) is 26.5 Å². The highest BCUT2D eigenvalue weighted by molar-refractivity contribution is 9.11. The van der Waals surface area contributed by atoms with Crippen LogP contribution in [0.2, 0.25) is 0 Å². The fraction of sp³-hybridized carbons (Fsp3) is 0.400. The Kier molecular flexibility index (Phi) is 6.67. The molecule has 0 aliphatic carbocycles. The van der Waals surface area contributed by atoms with E-state index in [1.54, 1.807) is 11.3 Å². The van der Waals surface area contributed by atoms with Crippen molar-refractivity contribution < 1.29 is 4.74 Å². The second-order valence-electron chi connectivity index (χ2n) is 4.74. The molecular formula is C15H18Br2N2OS. The average molecular weight is 434 g/mol. The van der Waals surface area contributed by atoms with E-state index in [1.807, 2.05) is 12.3 Å². The molecule has 0 amide bonds. The molecule has 0 bridgehead atoms. The van der Waals surface area contributed by atoms with Gasteiger partial charge in [0.1, 0.15) is 17.4 Å². The van der Waals surface area contributed by atoms with Crippen LogP contribution < -0.4 is 10.1 Å². The van der Waals surface area contributed by atoms with E-state index in [0.717, 1.165) is 44.9 Å². The Bertz CT molecular complexity index is 578. The SMILES string of the molecule is CCCNCc1cc(Br)c(OCc2nc(C)cs2)c(Br)c1. The molecule has 1 aromatic carbocycles. The third-order valence-corrected chi connectivity index (χ3v) is 4.94. The van der Waals surface area contributed by atoms with E-state index >= 15 is 0 Å². The number of ether oxygens (including phenoxy) is 1. The van der Waals surface area contributed by atoms with Crippen molar-refractivity contribution in [1.29, 1.82) is 0 Å². The lowest BCUT2D eigenvalue weighted by Gasteiger charge is -2.12. The predicted octanol–water partition coefficient (Wildman–Crippen LogP) is 5.06. The molecule has 114 valence electrons. The minimum atomic E-state index is 0.489. The van der Waals surface area contributed by atoms with E-state index in [0.29, 0.717) is 6.61 Å². The Labute approximate surface area is 146 Å². The summed E-state index contributed by atoms with van der Waals surface area (Å²) in [5.74, 6) is 0.821. The lowest BCUT2D eigenvalue weighted by atomic mass is 10.2. The van der Waals surface area contributed by atoms with E-state index in [2.05, 4.69) is 61.2 Å². The summed E-state index contributed by atoms with van der Waals surface area (Å²) in [6.45, 7) is 6.52. The molecule has 0 aliphatic heterocycles. The van der Waals surface area contributed by atoms with E-state index in [-0.39, 0.29) is 0 Å². The van der Waals surface area contributed by atoms with E-state index < -0.39 is 0 Å². The van der Waals surface area contributed by atoms with Crippen molar-refractivity contribution in [2.75, 3.05) is 6.54 Å². The summed E-state index contributed by atoms with van der Waals surface area (Å²) in [7, 11) is 0. The van der Waals surface area contributed by atoms with Gasteiger partial charge in [-0.1, -0.05) is 6.92 Å². The normalized spacial score (nSPS) is 10.9. The molecule has 0 aliphatic rings. The molecule has 3 nitrogen and oxygen atoms in total. The van der Waals surface area contributed by atoms with Gasteiger partial charge in [-0.15, -0.1) is 11.3 Å². The molecule has 1 N–H and O–H groups in total. The monoisotopic (exact) mass is 432 g/mol. The average Bonchev–Trinajstić information content (AvgIpc) is 2.84. The van der Waals surface area contributed by atoms with Gasteiger partial charge in [0.25, 0.3) is 0 Å². The van der Waals surface area contributed by atoms with Gasteiger partial charge in [-0.2, -0.15) is 0 Å². The van der Waals surface area contributed by atoms with E-state index in [9.17, 15) is 0 Å². The second kappa shape index (κ2) is 8.27. The number of nitrogens with zero attached hydrogens (tertiary/aromatic N) is 1. The molecule has 2 rings (SSSR count). The van der Waals surface area contributed by atoms with Crippen LogP contribution in [0, 0.1) is 6.92 Å². The van der Waals surface area contributed by atoms with Crippen molar-refractivity contribution in [2.24, 2.45) is 0 Å². The maximum Gasteiger partial charge on any atom is 0.148 e. The van der Waals surface area contributed by atoms with Crippen molar-refractivity contribution in [3.05, 3.63) is 42.7 Å². The quantitative estimate of drug-likeness (QED) is 0.620. The molecule has 0 spiro atoms. The third kappa shape index (κ3) is 5.06. The van der Waals surface area contributed by atoms with Gasteiger partial charge in [0.05, 0.1) is 8.95 Å². The maximum atomic E-state index is 5.88. The van der Waals surface area contributed by atoms with Crippen LogP contribution in [-0.2, 0) is 13.2 Å². The van der Waals surface area contributed by atoms with Gasteiger partial charge in [-0.3, -0.25) is 0 Å². The number of rotatable bonds is 7. The topological polar surface area (TPSA) is 34.1 Å². The molecule has 6 heteroatoms. The first-order valence-electron chi connectivity index (χ1n) is 6.82. The summed E-state index contributed by atoms with van der Waals surface area (Å²) >= 11 is 8.79. The minimum absolute atomic E-state index is 0.489. The maximum absolute atomic E-state index is 5.88. The molecule has 0 saturated carbocycles. The Morgan fingerprint density at radius 2 is 2.00 bits per heavy atom. The lowest BCUT2D eigenvalue weighted by molar-refractivity contribution is 0.301. The summed E-state index contributed by atoms with van der Waals surface area (Å²) in [6, 6.07) is 4.19. The highest BCUT2D eigenvalue weighted by Gasteiger charge is 2.10. The molecule has 2 aromatic rings. The number of thiazole rings is 1. The Morgan fingerprint density at radius 3 is 2.57 bits per heavy atom. The van der Waals surface area contributed by atoms with Gasteiger partial charge >= 0.3 is 0 Å². The van der Waals surface area contributed by atoms with Gasteiger partial charge in [-0.05, 0) is 69.4 Å². The number of aryl methyl sites for hydroxylation is 1. The van der Waals surface area contributed by atoms with Crippen molar-refractivity contribution in [2.45, 2.75) is 33.4 Å². The van der Waals surface area contributed by atoms with Crippen LogP contribution >= 0.6 is 43.2 Å². The number of benzene rings is 1. The molecular weight excluding hydrogens is 416 g/mol. The lowest BCUT2D eigenvalue weighted by Crippen LogP contribution is -2.13. The summed E-state index contributed by atoms with van der Waals surface area (Å²) in [5, 5.41) is 6.41. The van der Waals surface area contributed by atoms with Gasteiger partial charge in [0, 0.05) is 17.6 Å². The Hall–Kier alpha value is -0.430. The Morgan fingerprint density at radius 1 is 1.29 bits per heavy atom. The molecule has 0 radical (unpaired) electrons. The van der Waals surface area contributed by atoms with Crippen LogP contribution in [-0.4, -0.2) is 11.5 Å². The highest BCUT2D eigenvalue weighted by Crippen LogP contribution is 2.35. The minimum Gasteiger partial charge on any atom is -0.484 e. The van der Waals surface area contributed by atoms with Gasteiger partial charge in [0.2, 0.25) is 0 Å². The van der Waals surface area contributed by atoms with E-state index in [4.69, 9.17) is 4.74 Å². The number of aromatic nitrogens is 1. The van der Waals surface area contributed by atoms with Gasteiger partial charge in [-0.25, -0.2) is 4.98 Å². The molecule has 1 aromatic heterocycles. The first-order valence-corrected chi connectivity index (χ1v) is 9.29. The smallest absolute Gasteiger partial charge is 0.148 e. The van der Waals surface area contributed by atoms with Crippen molar-refractivity contribution in [3.8, 4) is 5.75 Å². The molecule has 0 fully saturated rings. The van der Waals surface area contributed by atoms with Gasteiger partial charge < -0.3 is 10.1 Å². The molecule has 1 heterocycles. The van der Waals surface area contributed by atoms with Crippen LogP contribution in [0.25, 0.3) is 0 Å². The summed E-state index contributed by atoms with van der Waals surface area (Å²) in [4.78, 5) is 4.41. The number of halogens is 2. The largest absolute Gasteiger partial charge is 0.484 e. The molecule has 21 heavy (non-hydrogen) atoms. The molecule has 0 saturated heterocycles. The third-order valence-electron chi connectivity index (χ3n) is 2.82. The van der Waals surface area contributed by atoms with Crippen molar-refractivity contribution >= 4 is 43.2 Å². The first kappa shape index (κ1) is 16.9. The highest BCUT2D eigenvalue weighted by atomic mass is 79.9. The summed E-state index contributed by atoms with van der Waals surface area (Å²) < 4.78 is 7.80. The fourth-order valence-corrected chi connectivity index (χ4v) is 4.06. The van der Waals surface area contributed by atoms with Crippen molar-refractivity contribution in [3.63, 3.8) is 0 Å². The van der Waals surface area contributed by atoms with E-state index in [1.165, 1.54) is 5.56 Å². The van der Waals surface area contributed by atoms with Crippen LogP contribution in [0.3, 0.4) is 0 Å². The first-order chi connectivity index (χ1) is 10.1. The molecule has 0 atom stereocenters. The molecule has 0 unspecified atom stereocenters. The van der Waals surface area contributed by atoms with Gasteiger partial charge in [0.15, 0.2) is 0 Å². The summed E-state index contributed by atoms with van der Waals surface area (Å²) in [5.41, 5.74) is 2.26. The zero-order valence-electron chi connectivity index (χ0n) is 12.1. The Balaban J connectivity index is 2.02. The second-order valence-corrected chi connectivity index (χ2v) is 7.39. The standard InChI is InChI=1S/C15H18Br2N2OS/c1-3-4-18-7-11-5-12(16)15(13(17)6-11)20-8-14-19-10(2)9-21-14/h5-6,9,18H,3-4,7-8H2,1-2H3.